The van der Waals surface area contributed by atoms with Crippen LogP contribution in [0.25, 0.3) is 6.08 Å². The molecule has 33 heavy (non-hydrogen) atoms. The van der Waals surface area contributed by atoms with Gasteiger partial charge in [0.25, 0.3) is 5.91 Å². The summed E-state index contributed by atoms with van der Waals surface area (Å²) in [6, 6.07) is 12.6. The lowest BCUT2D eigenvalue weighted by Gasteiger charge is -2.18. The Morgan fingerprint density at radius 1 is 1.09 bits per heavy atom. The normalized spacial score (nSPS) is 15.9. The number of para-hydroxylation sites is 1. The minimum atomic E-state index is -4.59. The molecule has 4 nitrogen and oxygen atoms in total. The number of anilines is 1. The first kappa shape index (κ1) is 25.0. The maximum absolute atomic E-state index is 13.1. The van der Waals surface area contributed by atoms with Crippen molar-refractivity contribution in [2.75, 3.05) is 11.9 Å². The third-order valence-electron chi connectivity index (χ3n) is 5.02. The molecular formula is C24H23F3N2O2S2. The van der Waals surface area contributed by atoms with Gasteiger partial charge in [0.1, 0.15) is 4.32 Å². The highest BCUT2D eigenvalue weighted by molar-refractivity contribution is 8.26. The number of halogens is 3. The molecule has 2 aromatic rings. The summed E-state index contributed by atoms with van der Waals surface area (Å²) in [5.74, 6) is -0.962. The summed E-state index contributed by atoms with van der Waals surface area (Å²) in [5, 5.41) is 2.28. The molecule has 2 amide bonds. The van der Waals surface area contributed by atoms with Crippen LogP contribution >= 0.6 is 24.0 Å². The van der Waals surface area contributed by atoms with Gasteiger partial charge in [-0.05, 0) is 34.8 Å². The number of thioether (sulfide) groups is 1. The summed E-state index contributed by atoms with van der Waals surface area (Å²) >= 11 is 6.41. The largest absolute Gasteiger partial charge is 0.418 e. The van der Waals surface area contributed by atoms with Crippen molar-refractivity contribution in [3.63, 3.8) is 0 Å². The van der Waals surface area contributed by atoms with Crippen LogP contribution < -0.4 is 5.32 Å². The Morgan fingerprint density at radius 2 is 1.73 bits per heavy atom. The molecule has 1 fully saturated rings. The van der Waals surface area contributed by atoms with Crippen LogP contribution in [-0.2, 0) is 21.2 Å². The van der Waals surface area contributed by atoms with Crippen LogP contribution in [0, 0.1) is 0 Å². The van der Waals surface area contributed by atoms with Crippen LogP contribution in [-0.4, -0.2) is 27.6 Å². The number of rotatable bonds is 5. The molecule has 0 spiro atoms. The first-order chi connectivity index (χ1) is 15.4. The van der Waals surface area contributed by atoms with E-state index in [9.17, 15) is 22.8 Å². The van der Waals surface area contributed by atoms with Crippen molar-refractivity contribution in [3.8, 4) is 0 Å². The van der Waals surface area contributed by atoms with Gasteiger partial charge >= 0.3 is 6.18 Å². The topological polar surface area (TPSA) is 49.4 Å². The SMILES string of the molecule is CC(C)(C)c1ccc(/C=C2\SC(=S)N(CCC(=O)Nc3ccccc3C(F)(F)F)C2=O)cc1. The average molecular weight is 493 g/mol. The Balaban J connectivity index is 1.64. The standard InChI is InChI=1S/C24H23F3N2O2S2/c1-23(2,3)16-10-8-15(9-11-16)14-19-21(31)29(22(32)33-19)13-12-20(30)28-18-7-5-4-6-17(18)24(25,26)27/h4-11,14H,12-13H2,1-3H3,(H,28,30)/b19-14-. The molecule has 0 aromatic heterocycles. The number of carbonyl (C=O) groups excluding carboxylic acids is 2. The number of hydrogen-bond acceptors (Lipinski definition) is 4. The maximum Gasteiger partial charge on any atom is 0.418 e. The van der Waals surface area contributed by atoms with Gasteiger partial charge in [-0.3, -0.25) is 14.5 Å². The van der Waals surface area contributed by atoms with Gasteiger partial charge in [0.05, 0.1) is 16.2 Å². The van der Waals surface area contributed by atoms with Crippen molar-refractivity contribution in [1.82, 2.24) is 4.90 Å². The first-order valence-electron chi connectivity index (χ1n) is 10.2. The lowest BCUT2D eigenvalue weighted by atomic mass is 9.87. The van der Waals surface area contributed by atoms with Crippen LogP contribution in [0.1, 0.15) is 43.9 Å². The number of hydrogen-bond donors (Lipinski definition) is 1. The third kappa shape index (κ3) is 6.23. The zero-order valence-corrected chi connectivity index (χ0v) is 20.0. The predicted molar refractivity (Wildman–Crippen MR) is 130 cm³/mol. The molecule has 1 N–H and O–H groups in total. The lowest BCUT2D eigenvalue weighted by Crippen LogP contribution is -2.31. The molecule has 0 bridgehead atoms. The number of amides is 2. The first-order valence-corrected chi connectivity index (χ1v) is 11.4. The van der Waals surface area contributed by atoms with E-state index in [2.05, 4.69) is 26.1 Å². The monoisotopic (exact) mass is 492 g/mol. The van der Waals surface area contributed by atoms with Crippen molar-refractivity contribution in [2.45, 2.75) is 38.8 Å². The number of nitrogens with one attached hydrogen (secondary N) is 1. The zero-order valence-electron chi connectivity index (χ0n) is 18.3. The highest BCUT2D eigenvalue weighted by Crippen LogP contribution is 2.35. The van der Waals surface area contributed by atoms with E-state index in [0.29, 0.717) is 9.23 Å². The molecular weight excluding hydrogens is 469 g/mol. The highest BCUT2D eigenvalue weighted by Gasteiger charge is 2.34. The molecule has 9 heteroatoms. The molecule has 3 rings (SSSR count). The van der Waals surface area contributed by atoms with E-state index in [1.165, 1.54) is 28.7 Å². The molecule has 0 atom stereocenters. The van der Waals surface area contributed by atoms with E-state index in [0.717, 1.165) is 23.4 Å². The van der Waals surface area contributed by atoms with Crippen molar-refractivity contribution >= 4 is 51.9 Å². The Labute approximate surface area is 200 Å². The highest BCUT2D eigenvalue weighted by atomic mass is 32.2. The van der Waals surface area contributed by atoms with E-state index < -0.39 is 17.6 Å². The molecule has 1 heterocycles. The van der Waals surface area contributed by atoms with Crippen molar-refractivity contribution in [1.29, 1.82) is 0 Å². The van der Waals surface area contributed by atoms with E-state index in [-0.39, 0.29) is 30.0 Å². The van der Waals surface area contributed by atoms with Gasteiger partial charge in [-0.25, -0.2) is 0 Å². The van der Waals surface area contributed by atoms with Crippen LogP contribution in [0.4, 0.5) is 18.9 Å². The van der Waals surface area contributed by atoms with E-state index in [1.807, 2.05) is 24.3 Å². The van der Waals surface area contributed by atoms with Crippen LogP contribution in [0.2, 0.25) is 0 Å². The van der Waals surface area contributed by atoms with Crippen LogP contribution in [0.15, 0.2) is 53.4 Å². The van der Waals surface area contributed by atoms with Crippen molar-refractivity contribution < 1.29 is 22.8 Å². The summed E-state index contributed by atoms with van der Waals surface area (Å²) in [4.78, 5) is 26.8. The summed E-state index contributed by atoms with van der Waals surface area (Å²) in [5.41, 5.74) is 0.794. The molecule has 1 aliphatic heterocycles. The van der Waals surface area contributed by atoms with Crippen LogP contribution in [0.3, 0.4) is 0 Å². The van der Waals surface area contributed by atoms with Gasteiger partial charge < -0.3 is 5.32 Å². The Hall–Kier alpha value is -2.65. The number of benzene rings is 2. The molecule has 174 valence electrons. The van der Waals surface area contributed by atoms with Gasteiger partial charge in [0, 0.05) is 13.0 Å². The van der Waals surface area contributed by atoms with Crippen LogP contribution in [0.5, 0.6) is 0 Å². The van der Waals surface area contributed by atoms with E-state index in [4.69, 9.17) is 12.2 Å². The Bertz CT molecular complexity index is 1100. The third-order valence-corrected chi connectivity index (χ3v) is 6.39. The second kappa shape index (κ2) is 9.69. The summed E-state index contributed by atoms with van der Waals surface area (Å²) < 4.78 is 39.6. The fourth-order valence-corrected chi connectivity index (χ4v) is 4.50. The fraction of sp³-hybridized carbons (Fsp3) is 0.292. The fourth-order valence-electron chi connectivity index (χ4n) is 3.19. The molecule has 0 radical (unpaired) electrons. The second-order valence-electron chi connectivity index (χ2n) is 8.55. The minimum absolute atomic E-state index is 0.0170. The van der Waals surface area contributed by atoms with Crippen molar-refractivity contribution in [3.05, 3.63) is 70.1 Å². The summed E-state index contributed by atoms with van der Waals surface area (Å²) in [6.45, 7) is 6.33. The number of nitrogens with zero attached hydrogens (tertiary/aromatic N) is 1. The average Bonchev–Trinajstić information content (AvgIpc) is 2.98. The van der Waals surface area contributed by atoms with Gasteiger partial charge in [-0.2, -0.15) is 13.2 Å². The smallest absolute Gasteiger partial charge is 0.325 e. The maximum atomic E-state index is 13.1. The van der Waals surface area contributed by atoms with E-state index in [1.54, 1.807) is 6.08 Å². The van der Waals surface area contributed by atoms with Gasteiger partial charge in [0.2, 0.25) is 5.91 Å². The molecule has 2 aromatic carbocycles. The second-order valence-corrected chi connectivity index (χ2v) is 10.2. The summed E-state index contributed by atoms with van der Waals surface area (Å²) in [7, 11) is 0. The van der Waals surface area contributed by atoms with Crippen molar-refractivity contribution in [2.24, 2.45) is 0 Å². The molecule has 0 aliphatic carbocycles. The number of alkyl halides is 3. The van der Waals surface area contributed by atoms with E-state index >= 15 is 0 Å². The van der Waals surface area contributed by atoms with Gasteiger partial charge in [0.15, 0.2) is 0 Å². The summed E-state index contributed by atoms with van der Waals surface area (Å²) in [6.07, 6.45) is -3.03. The van der Waals surface area contributed by atoms with Gasteiger partial charge in [-0.15, -0.1) is 0 Å². The minimum Gasteiger partial charge on any atom is -0.325 e. The Kier molecular flexibility index (Phi) is 7.33. The molecule has 1 aliphatic rings. The molecule has 1 saturated heterocycles. The Morgan fingerprint density at radius 3 is 2.33 bits per heavy atom. The number of carbonyl (C=O) groups is 2. The van der Waals surface area contributed by atoms with Gasteiger partial charge in [-0.1, -0.05) is 81.1 Å². The molecule has 0 unspecified atom stereocenters. The molecule has 0 saturated carbocycles. The zero-order chi connectivity index (χ0) is 24.4. The quantitative estimate of drug-likeness (QED) is 0.397. The number of thiocarbonyl (C=S) groups is 1. The predicted octanol–water partition coefficient (Wildman–Crippen LogP) is 6.23. The lowest BCUT2D eigenvalue weighted by molar-refractivity contribution is -0.137.